The normalized spacial score (nSPS) is 13.1. The smallest absolute Gasteiger partial charge is 0.379 e. The Hall–Kier alpha value is -2.14. The first-order chi connectivity index (χ1) is 10.1. The molecule has 2 aromatic carbocycles. The van der Waals surface area contributed by atoms with Crippen molar-refractivity contribution >= 4 is 38.5 Å². The maximum absolute atomic E-state index is 11.9. The Labute approximate surface area is 129 Å². The molecule has 5 heteroatoms. The zero-order valence-electron chi connectivity index (χ0n) is 11.2. The van der Waals surface area contributed by atoms with Gasteiger partial charge in [-0.2, -0.15) is 0 Å². The molecule has 0 bridgehead atoms. The molecule has 0 saturated carbocycles. The van der Waals surface area contributed by atoms with Gasteiger partial charge in [0.15, 0.2) is 0 Å². The van der Waals surface area contributed by atoms with Crippen molar-refractivity contribution in [3.8, 4) is 5.75 Å². The number of fused-ring (bicyclic) bond motifs is 3. The van der Waals surface area contributed by atoms with Crippen LogP contribution < -0.4 is 4.74 Å². The van der Waals surface area contributed by atoms with E-state index in [-0.39, 0.29) is 0 Å². The Balaban J connectivity index is 2.04. The number of methoxy groups -OCH3 is 1. The van der Waals surface area contributed by atoms with E-state index in [2.05, 4.69) is 20.7 Å². The number of esters is 1. The van der Waals surface area contributed by atoms with Crippen molar-refractivity contribution in [1.29, 1.82) is 0 Å². The summed E-state index contributed by atoms with van der Waals surface area (Å²) in [6, 6.07) is 9.71. The molecule has 0 fully saturated rings. The van der Waals surface area contributed by atoms with Crippen LogP contribution in [-0.2, 0) is 20.7 Å². The molecule has 0 N–H and O–H groups in total. The van der Waals surface area contributed by atoms with E-state index in [0.717, 1.165) is 20.8 Å². The average molecular weight is 347 g/mol. The van der Waals surface area contributed by atoms with E-state index in [4.69, 9.17) is 4.74 Å². The van der Waals surface area contributed by atoms with E-state index in [1.54, 1.807) is 0 Å². The lowest BCUT2D eigenvalue weighted by molar-refractivity contribution is -0.150. The van der Waals surface area contributed by atoms with Crippen LogP contribution in [0.2, 0.25) is 0 Å². The minimum absolute atomic E-state index is 0.296. The molecule has 1 aliphatic heterocycles. The van der Waals surface area contributed by atoms with Gasteiger partial charge >= 0.3 is 5.97 Å². The Morgan fingerprint density at radius 2 is 2.05 bits per heavy atom. The fourth-order valence-corrected chi connectivity index (χ4v) is 2.74. The Morgan fingerprint density at radius 3 is 2.81 bits per heavy atom. The van der Waals surface area contributed by atoms with Gasteiger partial charge in [-0.25, -0.2) is 4.79 Å². The van der Waals surface area contributed by atoms with Crippen molar-refractivity contribution in [2.45, 2.75) is 6.42 Å². The van der Waals surface area contributed by atoms with E-state index < -0.39 is 11.8 Å². The molecule has 4 nitrogen and oxygen atoms in total. The van der Waals surface area contributed by atoms with E-state index in [1.807, 2.05) is 30.3 Å². The predicted molar refractivity (Wildman–Crippen MR) is 81.1 cm³/mol. The highest BCUT2D eigenvalue weighted by Crippen LogP contribution is 2.34. The van der Waals surface area contributed by atoms with Crippen LogP contribution >= 0.6 is 15.9 Å². The first kappa shape index (κ1) is 13.8. The molecule has 0 spiro atoms. The minimum Gasteiger partial charge on any atom is -0.464 e. The fourth-order valence-electron chi connectivity index (χ4n) is 2.36. The molecular weight excluding hydrogens is 336 g/mol. The van der Waals surface area contributed by atoms with E-state index in [9.17, 15) is 9.59 Å². The molecule has 0 atom stereocenters. The molecule has 0 amide bonds. The van der Waals surface area contributed by atoms with Crippen LogP contribution in [0.5, 0.6) is 5.75 Å². The summed E-state index contributed by atoms with van der Waals surface area (Å²) in [6.07, 6.45) is 1.68. The van der Waals surface area contributed by atoms with E-state index in [1.165, 1.54) is 13.4 Å². The molecule has 2 aromatic rings. The van der Waals surface area contributed by atoms with Gasteiger partial charge in [0.25, 0.3) is 5.78 Å². The lowest BCUT2D eigenvalue weighted by Crippen LogP contribution is -2.21. The molecule has 21 heavy (non-hydrogen) atoms. The van der Waals surface area contributed by atoms with Crippen LogP contribution in [0.25, 0.3) is 10.8 Å². The summed E-state index contributed by atoms with van der Waals surface area (Å²) in [5.41, 5.74) is 1.19. The third kappa shape index (κ3) is 2.45. The maximum Gasteiger partial charge on any atom is 0.379 e. The molecule has 0 unspecified atom stereocenters. The lowest BCUT2D eigenvalue weighted by Gasteiger charge is -2.18. The average Bonchev–Trinajstić information content (AvgIpc) is 2.52. The van der Waals surface area contributed by atoms with Gasteiger partial charge in [-0.15, -0.1) is 0 Å². The van der Waals surface area contributed by atoms with E-state index in [0.29, 0.717) is 17.7 Å². The zero-order chi connectivity index (χ0) is 15.0. The first-order valence-corrected chi connectivity index (χ1v) is 7.09. The largest absolute Gasteiger partial charge is 0.464 e. The van der Waals surface area contributed by atoms with Gasteiger partial charge in [0.05, 0.1) is 13.4 Å². The molecular formula is C16H11BrO4. The van der Waals surface area contributed by atoms with Crippen LogP contribution in [-0.4, -0.2) is 18.9 Å². The van der Waals surface area contributed by atoms with Gasteiger partial charge < -0.3 is 9.47 Å². The quantitative estimate of drug-likeness (QED) is 0.619. The van der Waals surface area contributed by atoms with Crippen LogP contribution in [0.3, 0.4) is 0 Å². The zero-order valence-corrected chi connectivity index (χ0v) is 12.8. The van der Waals surface area contributed by atoms with Crippen molar-refractivity contribution in [2.24, 2.45) is 0 Å². The highest BCUT2D eigenvalue weighted by atomic mass is 79.9. The highest BCUT2D eigenvalue weighted by molar-refractivity contribution is 9.10. The standard InChI is InChI=1S/C16H11BrO4/c1-20-16(19)15(18)10-7-13-12-4-3-11(17)6-9(12)2-5-14(13)21-8-10/h2-6,8H,7H2,1H3. The highest BCUT2D eigenvalue weighted by Gasteiger charge is 2.25. The Bertz CT molecular complexity index is 792. The predicted octanol–water partition coefficient (Wildman–Crippen LogP) is 3.16. The molecule has 0 aliphatic carbocycles. The number of hydrogen-bond donors (Lipinski definition) is 0. The van der Waals surface area contributed by atoms with Gasteiger partial charge in [0.2, 0.25) is 0 Å². The molecule has 0 radical (unpaired) electrons. The van der Waals surface area contributed by atoms with Crippen LogP contribution in [0, 0.1) is 0 Å². The minimum atomic E-state index is -0.878. The van der Waals surface area contributed by atoms with Crippen molar-refractivity contribution in [3.05, 3.63) is 52.2 Å². The topological polar surface area (TPSA) is 52.6 Å². The number of carbonyl (C=O) groups excluding carboxylic acids is 2. The summed E-state index contributed by atoms with van der Waals surface area (Å²) in [4.78, 5) is 23.3. The van der Waals surface area contributed by atoms with Gasteiger partial charge in [-0.05, 0) is 29.0 Å². The van der Waals surface area contributed by atoms with Gasteiger partial charge in [0.1, 0.15) is 5.75 Å². The summed E-state index contributed by atoms with van der Waals surface area (Å²) >= 11 is 3.43. The number of halogens is 1. The monoisotopic (exact) mass is 346 g/mol. The van der Waals surface area contributed by atoms with Crippen LogP contribution in [0.1, 0.15) is 5.56 Å². The van der Waals surface area contributed by atoms with Gasteiger partial charge in [-0.3, -0.25) is 4.79 Å². The molecule has 3 rings (SSSR count). The maximum atomic E-state index is 11.9. The van der Waals surface area contributed by atoms with Crippen molar-refractivity contribution < 1.29 is 19.1 Å². The number of carbonyl (C=O) groups is 2. The first-order valence-electron chi connectivity index (χ1n) is 6.29. The molecule has 0 aromatic heterocycles. The number of benzene rings is 2. The summed E-state index contributed by atoms with van der Waals surface area (Å²) < 4.78 is 10.9. The summed E-state index contributed by atoms with van der Waals surface area (Å²) in [5, 5.41) is 2.04. The van der Waals surface area contributed by atoms with Gasteiger partial charge in [0, 0.05) is 22.0 Å². The number of ketones is 1. The summed E-state index contributed by atoms with van der Waals surface area (Å²) in [5.74, 6) is -0.847. The lowest BCUT2D eigenvalue weighted by atomic mass is 9.95. The third-order valence-electron chi connectivity index (χ3n) is 3.41. The third-order valence-corrected chi connectivity index (χ3v) is 3.90. The van der Waals surface area contributed by atoms with Crippen LogP contribution in [0.15, 0.2) is 46.6 Å². The SMILES string of the molecule is COC(=O)C(=O)C1=COc2ccc3cc(Br)ccc3c2C1. The number of ether oxygens (including phenoxy) is 2. The Morgan fingerprint density at radius 1 is 1.24 bits per heavy atom. The summed E-state index contributed by atoms with van der Waals surface area (Å²) in [6.45, 7) is 0. The van der Waals surface area contributed by atoms with Crippen molar-refractivity contribution in [3.63, 3.8) is 0 Å². The van der Waals surface area contributed by atoms with Crippen molar-refractivity contribution in [1.82, 2.24) is 0 Å². The molecule has 0 saturated heterocycles. The van der Waals surface area contributed by atoms with E-state index >= 15 is 0 Å². The molecule has 1 aliphatic rings. The number of rotatable bonds is 2. The number of Topliss-reactive ketones (excluding diaryl/α,β-unsaturated/α-hetero) is 1. The second kappa shape index (κ2) is 5.33. The number of hydrogen-bond acceptors (Lipinski definition) is 4. The van der Waals surface area contributed by atoms with Gasteiger partial charge in [-0.1, -0.05) is 28.1 Å². The molecule has 1 heterocycles. The fraction of sp³-hybridized carbons (Fsp3) is 0.125. The van der Waals surface area contributed by atoms with Crippen molar-refractivity contribution in [2.75, 3.05) is 7.11 Å². The second-order valence-corrected chi connectivity index (χ2v) is 5.58. The van der Waals surface area contributed by atoms with Crippen LogP contribution in [0.4, 0.5) is 0 Å². The second-order valence-electron chi connectivity index (χ2n) is 4.67. The Kier molecular flexibility index (Phi) is 3.51. The molecule has 106 valence electrons. The summed E-state index contributed by atoms with van der Waals surface area (Å²) in [7, 11) is 1.19.